The first-order chi connectivity index (χ1) is 9.47. The summed E-state index contributed by atoms with van der Waals surface area (Å²) in [5.74, 6) is 2.42. The Morgan fingerprint density at radius 1 is 1.10 bits per heavy atom. The Bertz CT molecular complexity index is 439. The number of carbonyl (C=O) groups is 1. The van der Waals surface area contributed by atoms with Crippen molar-refractivity contribution in [2.24, 2.45) is 41.4 Å². The van der Waals surface area contributed by atoms with Crippen molar-refractivity contribution in [3.8, 4) is 0 Å². The van der Waals surface area contributed by atoms with Gasteiger partial charge in [0.05, 0.1) is 6.61 Å². The van der Waals surface area contributed by atoms with Crippen LogP contribution in [0.15, 0.2) is 0 Å². The van der Waals surface area contributed by atoms with E-state index in [1.807, 2.05) is 0 Å². The number of fused-ring (bicyclic) bond motifs is 9. The van der Waals surface area contributed by atoms with Crippen molar-refractivity contribution in [1.82, 2.24) is 0 Å². The van der Waals surface area contributed by atoms with E-state index in [1.54, 1.807) is 0 Å². The largest absolute Gasteiger partial charge is 0.475 e. The Balaban J connectivity index is 1.42. The normalized spacial score (nSPS) is 48.8. The van der Waals surface area contributed by atoms with Crippen LogP contribution in [0.2, 0.25) is 0 Å². The highest BCUT2D eigenvalue weighted by molar-refractivity contribution is 5.73. The summed E-state index contributed by atoms with van der Waals surface area (Å²) in [5, 5.41) is 8.41. The summed E-state index contributed by atoms with van der Waals surface area (Å²) in [6.45, 7) is -0.0962. The molecule has 112 valence electrons. The number of halogens is 2. The van der Waals surface area contributed by atoms with Gasteiger partial charge >= 0.3 is 12.1 Å². The number of aliphatic carboxylic acids is 1. The quantitative estimate of drug-likeness (QED) is 0.808. The first-order valence-electron chi connectivity index (χ1n) is 7.72. The van der Waals surface area contributed by atoms with Gasteiger partial charge in [-0.25, -0.2) is 4.79 Å². The Kier molecular flexibility index (Phi) is 2.70. The first-order valence-corrected chi connectivity index (χ1v) is 7.72. The molecule has 0 aromatic rings. The molecule has 7 atom stereocenters. The van der Waals surface area contributed by atoms with E-state index < -0.39 is 12.1 Å². The lowest BCUT2D eigenvalue weighted by Crippen LogP contribution is -2.38. The van der Waals surface area contributed by atoms with Crippen molar-refractivity contribution in [1.29, 1.82) is 0 Å². The van der Waals surface area contributed by atoms with Gasteiger partial charge in [-0.2, -0.15) is 8.78 Å². The maximum Gasteiger partial charge on any atom is 0.455 e. The Morgan fingerprint density at radius 2 is 1.80 bits per heavy atom. The van der Waals surface area contributed by atoms with Crippen molar-refractivity contribution >= 4 is 5.97 Å². The number of carboxylic acid groups (broad SMARTS) is 1. The molecule has 4 rings (SSSR count). The van der Waals surface area contributed by atoms with E-state index >= 15 is 0 Å². The molecule has 3 nitrogen and oxygen atoms in total. The molecule has 0 aromatic carbocycles. The molecule has 4 saturated carbocycles. The van der Waals surface area contributed by atoms with Crippen LogP contribution in [0.25, 0.3) is 0 Å². The molecule has 1 N–H and O–H groups in total. The average Bonchev–Trinajstić information content (AvgIpc) is 3.13. The van der Waals surface area contributed by atoms with Crippen molar-refractivity contribution in [3.05, 3.63) is 0 Å². The predicted molar refractivity (Wildman–Crippen MR) is 66.0 cm³/mol. The van der Waals surface area contributed by atoms with Crippen LogP contribution in [0.4, 0.5) is 8.78 Å². The number of carboxylic acids is 1. The van der Waals surface area contributed by atoms with Gasteiger partial charge in [0, 0.05) is 0 Å². The van der Waals surface area contributed by atoms with Gasteiger partial charge in [-0.1, -0.05) is 0 Å². The zero-order chi connectivity index (χ0) is 14.1. The van der Waals surface area contributed by atoms with Crippen molar-refractivity contribution < 1.29 is 23.4 Å². The molecule has 0 aliphatic heterocycles. The van der Waals surface area contributed by atoms with Crippen LogP contribution in [0.1, 0.15) is 32.1 Å². The molecule has 0 radical (unpaired) electrons. The maximum absolute atomic E-state index is 13.0. The minimum absolute atomic E-state index is 0.0962. The Morgan fingerprint density at radius 3 is 2.50 bits per heavy atom. The molecular formula is C15H20F2O3. The standard InChI is InChI=1S/C15H20F2O3/c16-15(17,14(18)19)20-6-10-4-9-5-11(10)13-8-2-1-7(3-8)12(9)13/h7-13H,1-6H2,(H,18,19). The molecule has 4 bridgehead atoms. The Hall–Kier alpha value is -0.710. The average molecular weight is 286 g/mol. The van der Waals surface area contributed by atoms with Gasteiger partial charge in [0.15, 0.2) is 0 Å². The van der Waals surface area contributed by atoms with E-state index in [9.17, 15) is 13.6 Å². The molecule has 5 heteroatoms. The van der Waals surface area contributed by atoms with Crippen LogP contribution in [0.3, 0.4) is 0 Å². The lowest BCUT2D eigenvalue weighted by atomic mass is 9.68. The number of rotatable bonds is 4. The fourth-order valence-corrected chi connectivity index (χ4v) is 6.17. The van der Waals surface area contributed by atoms with Crippen LogP contribution in [-0.2, 0) is 9.53 Å². The van der Waals surface area contributed by atoms with Crippen LogP contribution in [0.5, 0.6) is 0 Å². The molecule has 0 amide bonds. The molecule has 0 spiro atoms. The summed E-state index contributed by atoms with van der Waals surface area (Å²) >= 11 is 0. The van der Waals surface area contributed by atoms with E-state index in [2.05, 4.69) is 4.74 Å². The van der Waals surface area contributed by atoms with Gasteiger partial charge in [0.2, 0.25) is 0 Å². The van der Waals surface area contributed by atoms with E-state index in [0.29, 0.717) is 11.8 Å². The molecule has 4 aliphatic rings. The first kappa shape index (κ1) is 13.0. The zero-order valence-corrected chi connectivity index (χ0v) is 11.3. The number of alkyl halides is 2. The summed E-state index contributed by atoms with van der Waals surface area (Å²) in [4.78, 5) is 10.4. The van der Waals surface area contributed by atoms with Gasteiger partial charge < -0.3 is 9.84 Å². The van der Waals surface area contributed by atoms with Gasteiger partial charge in [0.25, 0.3) is 0 Å². The van der Waals surface area contributed by atoms with Crippen LogP contribution < -0.4 is 0 Å². The highest BCUT2D eigenvalue weighted by Crippen LogP contribution is 2.68. The molecule has 4 fully saturated rings. The van der Waals surface area contributed by atoms with E-state index in [4.69, 9.17) is 5.11 Å². The third kappa shape index (κ3) is 1.68. The van der Waals surface area contributed by atoms with E-state index in [-0.39, 0.29) is 12.5 Å². The van der Waals surface area contributed by atoms with Crippen LogP contribution in [-0.4, -0.2) is 23.8 Å². The molecular weight excluding hydrogens is 266 g/mol. The molecule has 4 aliphatic carbocycles. The highest BCUT2D eigenvalue weighted by Gasteiger charge is 2.62. The highest BCUT2D eigenvalue weighted by atomic mass is 19.3. The third-order valence-electron chi connectivity index (χ3n) is 6.60. The fraction of sp³-hybridized carbons (Fsp3) is 0.933. The summed E-state index contributed by atoms with van der Waals surface area (Å²) in [5.41, 5.74) is 0. The summed E-state index contributed by atoms with van der Waals surface area (Å²) < 4.78 is 30.5. The number of ether oxygens (including phenoxy) is 1. The minimum Gasteiger partial charge on any atom is -0.475 e. The molecule has 0 saturated heterocycles. The van der Waals surface area contributed by atoms with Gasteiger partial charge in [-0.15, -0.1) is 0 Å². The maximum atomic E-state index is 13.0. The summed E-state index contributed by atoms with van der Waals surface area (Å²) in [6.07, 6.45) is 2.12. The monoisotopic (exact) mass is 286 g/mol. The number of hydrogen-bond acceptors (Lipinski definition) is 2. The van der Waals surface area contributed by atoms with E-state index in [0.717, 1.165) is 36.5 Å². The predicted octanol–water partition coefficient (Wildman–Crippen LogP) is 3.00. The van der Waals surface area contributed by atoms with Crippen molar-refractivity contribution in [2.75, 3.05) is 6.61 Å². The minimum atomic E-state index is -4.03. The second-order valence-corrected chi connectivity index (χ2v) is 7.28. The Labute approximate surface area is 116 Å². The SMILES string of the molecule is O=C(O)C(F)(F)OCC1CC2CC1C1C3CCC(C3)C21. The molecule has 0 heterocycles. The molecule has 7 unspecified atom stereocenters. The smallest absolute Gasteiger partial charge is 0.455 e. The summed E-state index contributed by atoms with van der Waals surface area (Å²) in [7, 11) is 0. The van der Waals surface area contributed by atoms with Gasteiger partial charge in [0.1, 0.15) is 0 Å². The van der Waals surface area contributed by atoms with Gasteiger partial charge in [-0.3, -0.25) is 0 Å². The second kappa shape index (κ2) is 4.15. The second-order valence-electron chi connectivity index (χ2n) is 7.28. The van der Waals surface area contributed by atoms with Crippen molar-refractivity contribution in [2.45, 2.75) is 38.2 Å². The third-order valence-corrected chi connectivity index (χ3v) is 6.60. The van der Waals surface area contributed by atoms with Crippen molar-refractivity contribution in [3.63, 3.8) is 0 Å². The molecule has 20 heavy (non-hydrogen) atoms. The zero-order valence-electron chi connectivity index (χ0n) is 11.3. The molecule has 0 aromatic heterocycles. The lowest BCUT2D eigenvalue weighted by molar-refractivity contribution is -0.251. The number of hydrogen-bond donors (Lipinski definition) is 1. The van der Waals surface area contributed by atoms with E-state index in [1.165, 1.54) is 19.3 Å². The van der Waals surface area contributed by atoms with Gasteiger partial charge in [-0.05, 0) is 73.5 Å². The topological polar surface area (TPSA) is 46.5 Å². The lowest BCUT2D eigenvalue weighted by Gasteiger charge is -2.38. The van der Waals surface area contributed by atoms with Crippen LogP contribution >= 0.6 is 0 Å². The summed E-state index contributed by atoms with van der Waals surface area (Å²) in [6, 6.07) is 0. The fourth-order valence-electron chi connectivity index (χ4n) is 6.17. The van der Waals surface area contributed by atoms with Crippen LogP contribution in [0, 0.1) is 41.4 Å².